The molecule has 1 aliphatic heterocycles. The lowest BCUT2D eigenvalue weighted by Crippen LogP contribution is -2.67. The molecule has 1 saturated heterocycles. The van der Waals surface area contributed by atoms with Crippen LogP contribution in [-0.4, -0.2) is 35.0 Å². The zero-order valence-electron chi connectivity index (χ0n) is 11.7. The first-order valence-corrected chi connectivity index (χ1v) is 6.10. The van der Waals surface area contributed by atoms with E-state index in [4.69, 9.17) is 0 Å². The fourth-order valence-corrected chi connectivity index (χ4v) is 2.43. The van der Waals surface area contributed by atoms with Gasteiger partial charge in [-0.1, -0.05) is 20.8 Å². The van der Waals surface area contributed by atoms with Gasteiger partial charge in [0.1, 0.15) is 0 Å². The quantitative estimate of drug-likeness (QED) is 0.685. The zero-order valence-corrected chi connectivity index (χ0v) is 11.7. The highest BCUT2D eigenvalue weighted by atomic mass is 16.2. The first-order chi connectivity index (χ1) is 7.03. The number of carbonyl (C=O) groups is 1. The van der Waals surface area contributed by atoms with Crippen molar-refractivity contribution in [1.82, 2.24) is 10.2 Å². The second-order valence-corrected chi connectivity index (χ2v) is 7.00. The number of hydrogen-bond donors (Lipinski definition) is 1. The molecule has 0 aliphatic carbocycles. The molecule has 2 unspecified atom stereocenters. The lowest BCUT2D eigenvalue weighted by Gasteiger charge is -2.50. The van der Waals surface area contributed by atoms with Gasteiger partial charge in [-0.2, -0.15) is 0 Å². The highest BCUT2D eigenvalue weighted by molar-refractivity contribution is 5.83. The third kappa shape index (κ3) is 2.76. The highest BCUT2D eigenvalue weighted by Gasteiger charge is 2.44. The molecular formula is C13H26N2O. The van der Waals surface area contributed by atoms with E-state index in [1.165, 1.54) is 0 Å². The van der Waals surface area contributed by atoms with Crippen molar-refractivity contribution < 1.29 is 4.79 Å². The SMILES string of the molecule is CC1CN(C(C)(C)C)C(C(C)(C)C)C(=O)N1. The van der Waals surface area contributed by atoms with Crippen LogP contribution in [0.4, 0.5) is 0 Å². The van der Waals surface area contributed by atoms with Gasteiger partial charge >= 0.3 is 0 Å². The summed E-state index contributed by atoms with van der Waals surface area (Å²) in [5.41, 5.74) is 0.00146. The second kappa shape index (κ2) is 4.02. The van der Waals surface area contributed by atoms with Crippen LogP contribution in [0.15, 0.2) is 0 Å². The Morgan fingerprint density at radius 3 is 2.06 bits per heavy atom. The third-order valence-electron chi connectivity index (χ3n) is 3.10. The van der Waals surface area contributed by atoms with Crippen molar-refractivity contribution in [3.05, 3.63) is 0 Å². The Morgan fingerprint density at radius 1 is 1.19 bits per heavy atom. The molecule has 94 valence electrons. The van der Waals surface area contributed by atoms with Crippen LogP contribution >= 0.6 is 0 Å². The molecule has 0 bridgehead atoms. The first-order valence-electron chi connectivity index (χ1n) is 6.10. The Bertz CT molecular complexity index is 273. The summed E-state index contributed by atoms with van der Waals surface area (Å²) in [6.07, 6.45) is 0. The predicted molar refractivity (Wildman–Crippen MR) is 67.3 cm³/mol. The summed E-state index contributed by atoms with van der Waals surface area (Å²) in [6, 6.07) is 0.203. The summed E-state index contributed by atoms with van der Waals surface area (Å²) in [5.74, 6) is 0.168. The summed E-state index contributed by atoms with van der Waals surface area (Å²) in [6.45, 7) is 15.9. The van der Waals surface area contributed by atoms with Crippen molar-refractivity contribution in [1.29, 1.82) is 0 Å². The zero-order chi connectivity index (χ0) is 12.7. The van der Waals surface area contributed by atoms with Crippen LogP contribution in [0.5, 0.6) is 0 Å². The molecule has 0 saturated carbocycles. The minimum absolute atomic E-state index is 0.0303. The number of carbonyl (C=O) groups excluding carboxylic acids is 1. The topological polar surface area (TPSA) is 32.3 Å². The van der Waals surface area contributed by atoms with Gasteiger partial charge in [0.05, 0.1) is 6.04 Å². The summed E-state index contributed by atoms with van der Waals surface area (Å²) in [4.78, 5) is 14.5. The smallest absolute Gasteiger partial charge is 0.238 e. The third-order valence-corrected chi connectivity index (χ3v) is 3.10. The van der Waals surface area contributed by atoms with E-state index in [1.54, 1.807) is 0 Å². The minimum atomic E-state index is -0.0382. The minimum Gasteiger partial charge on any atom is -0.351 e. The predicted octanol–water partition coefficient (Wildman–Crippen LogP) is 2.02. The average molecular weight is 226 g/mol. The maximum Gasteiger partial charge on any atom is 0.238 e. The van der Waals surface area contributed by atoms with Crippen molar-refractivity contribution in [3.8, 4) is 0 Å². The van der Waals surface area contributed by atoms with Gasteiger partial charge in [-0.3, -0.25) is 9.69 Å². The van der Waals surface area contributed by atoms with E-state index in [0.717, 1.165) is 6.54 Å². The lowest BCUT2D eigenvalue weighted by atomic mass is 9.81. The van der Waals surface area contributed by atoms with Crippen LogP contribution in [0.25, 0.3) is 0 Å². The van der Waals surface area contributed by atoms with Crippen LogP contribution in [0.1, 0.15) is 48.5 Å². The molecule has 0 aromatic heterocycles. The number of piperazine rings is 1. The van der Waals surface area contributed by atoms with Gasteiger partial charge in [0.25, 0.3) is 0 Å². The molecule has 1 N–H and O–H groups in total. The van der Waals surface area contributed by atoms with Crippen LogP contribution in [-0.2, 0) is 4.79 Å². The summed E-state index contributed by atoms with van der Waals surface area (Å²) in [5, 5.41) is 3.06. The van der Waals surface area contributed by atoms with Crippen LogP contribution < -0.4 is 5.32 Å². The van der Waals surface area contributed by atoms with E-state index >= 15 is 0 Å². The number of hydrogen-bond acceptors (Lipinski definition) is 2. The molecule has 16 heavy (non-hydrogen) atoms. The molecular weight excluding hydrogens is 200 g/mol. The molecule has 0 spiro atoms. The Hall–Kier alpha value is -0.570. The number of rotatable bonds is 0. The van der Waals surface area contributed by atoms with Crippen molar-refractivity contribution in [2.45, 2.75) is 66.1 Å². The summed E-state index contributed by atoms with van der Waals surface area (Å²) in [7, 11) is 0. The molecule has 0 aromatic rings. The van der Waals surface area contributed by atoms with Crippen LogP contribution in [0, 0.1) is 5.41 Å². The Kier molecular flexibility index (Phi) is 3.39. The van der Waals surface area contributed by atoms with Gasteiger partial charge in [0, 0.05) is 18.1 Å². The normalized spacial score (nSPS) is 29.1. The molecule has 1 rings (SSSR count). The van der Waals surface area contributed by atoms with E-state index in [9.17, 15) is 4.79 Å². The molecule has 1 amide bonds. The summed E-state index contributed by atoms with van der Waals surface area (Å²) < 4.78 is 0. The van der Waals surface area contributed by atoms with E-state index in [2.05, 4.69) is 58.7 Å². The van der Waals surface area contributed by atoms with E-state index in [-0.39, 0.29) is 28.9 Å². The molecule has 3 nitrogen and oxygen atoms in total. The van der Waals surface area contributed by atoms with Gasteiger partial charge in [-0.05, 0) is 33.1 Å². The van der Waals surface area contributed by atoms with Gasteiger partial charge in [0.2, 0.25) is 5.91 Å². The Labute approximate surface area is 99.6 Å². The molecule has 2 atom stereocenters. The molecule has 3 heteroatoms. The highest BCUT2D eigenvalue weighted by Crippen LogP contribution is 2.32. The number of nitrogens with zero attached hydrogens (tertiary/aromatic N) is 1. The molecule has 1 aliphatic rings. The van der Waals surface area contributed by atoms with Gasteiger partial charge in [0.15, 0.2) is 0 Å². The Morgan fingerprint density at radius 2 is 1.69 bits per heavy atom. The molecule has 0 radical (unpaired) electrons. The maximum atomic E-state index is 12.2. The molecule has 1 heterocycles. The van der Waals surface area contributed by atoms with Crippen molar-refractivity contribution >= 4 is 5.91 Å². The van der Waals surface area contributed by atoms with E-state index < -0.39 is 0 Å². The summed E-state index contributed by atoms with van der Waals surface area (Å²) >= 11 is 0. The molecule has 0 aromatic carbocycles. The van der Waals surface area contributed by atoms with E-state index in [0.29, 0.717) is 0 Å². The standard InChI is InChI=1S/C13H26N2O/c1-9-8-15(13(5,6)7)10(11(16)14-9)12(2,3)4/h9-10H,8H2,1-7H3,(H,14,16). The Balaban J connectivity index is 3.04. The number of amides is 1. The monoisotopic (exact) mass is 226 g/mol. The van der Waals surface area contributed by atoms with Crippen molar-refractivity contribution in [3.63, 3.8) is 0 Å². The number of nitrogens with one attached hydrogen (secondary N) is 1. The molecule has 1 fully saturated rings. The second-order valence-electron chi connectivity index (χ2n) is 7.00. The van der Waals surface area contributed by atoms with Crippen molar-refractivity contribution in [2.75, 3.05) is 6.54 Å². The average Bonchev–Trinajstić information content (AvgIpc) is 1.97. The lowest BCUT2D eigenvalue weighted by molar-refractivity contribution is -0.139. The van der Waals surface area contributed by atoms with Crippen LogP contribution in [0.3, 0.4) is 0 Å². The van der Waals surface area contributed by atoms with Gasteiger partial charge in [-0.25, -0.2) is 0 Å². The van der Waals surface area contributed by atoms with Crippen molar-refractivity contribution in [2.24, 2.45) is 5.41 Å². The van der Waals surface area contributed by atoms with Gasteiger partial charge in [-0.15, -0.1) is 0 Å². The largest absolute Gasteiger partial charge is 0.351 e. The fourth-order valence-electron chi connectivity index (χ4n) is 2.43. The maximum absolute atomic E-state index is 12.2. The van der Waals surface area contributed by atoms with Gasteiger partial charge < -0.3 is 5.32 Å². The fraction of sp³-hybridized carbons (Fsp3) is 0.923. The first kappa shape index (κ1) is 13.5. The van der Waals surface area contributed by atoms with E-state index in [1.807, 2.05) is 0 Å². The van der Waals surface area contributed by atoms with Crippen LogP contribution in [0.2, 0.25) is 0 Å².